The molecule has 0 saturated carbocycles. The first-order valence-electron chi connectivity index (χ1n) is 8.63. The van der Waals surface area contributed by atoms with Crippen LogP contribution < -0.4 is 10.6 Å². The van der Waals surface area contributed by atoms with Crippen LogP contribution in [0.5, 0.6) is 0 Å². The highest BCUT2D eigenvalue weighted by atomic mass is 32.1. The van der Waals surface area contributed by atoms with Crippen molar-refractivity contribution in [2.75, 3.05) is 11.9 Å². The van der Waals surface area contributed by atoms with Gasteiger partial charge in [-0.1, -0.05) is 31.2 Å². The van der Waals surface area contributed by atoms with Crippen molar-refractivity contribution in [3.8, 4) is 10.7 Å². The van der Waals surface area contributed by atoms with Gasteiger partial charge in [0.1, 0.15) is 9.88 Å². The number of hydrogen-bond donors (Lipinski definition) is 2. The molecule has 0 aliphatic rings. The molecule has 3 aromatic rings. The summed E-state index contributed by atoms with van der Waals surface area (Å²) in [6.45, 7) is 3.70. The number of hydrogen-bond acceptors (Lipinski definition) is 5. The molecule has 2 aromatic heterocycles. The second-order valence-electron chi connectivity index (χ2n) is 5.89. The lowest BCUT2D eigenvalue weighted by atomic mass is 10.1. The smallest absolute Gasteiger partial charge is 0.263 e. The molecule has 0 bridgehead atoms. The van der Waals surface area contributed by atoms with Crippen LogP contribution in [0.25, 0.3) is 10.7 Å². The van der Waals surface area contributed by atoms with Gasteiger partial charge in [-0.25, -0.2) is 4.98 Å². The van der Waals surface area contributed by atoms with Gasteiger partial charge in [0.25, 0.3) is 5.91 Å². The summed E-state index contributed by atoms with van der Waals surface area (Å²) in [5.41, 5.74) is 3.16. The molecule has 0 aliphatic heterocycles. The molecule has 2 heterocycles. The second-order valence-corrected chi connectivity index (χ2v) is 6.89. The number of anilines is 1. The Morgan fingerprint density at radius 2 is 1.89 bits per heavy atom. The van der Waals surface area contributed by atoms with Crippen LogP contribution in [0, 0.1) is 6.92 Å². The van der Waals surface area contributed by atoms with E-state index in [0.29, 0.717) is 15.6 Å². The number of aryl methyl sites for hydroxylation is 2. The first-order chi connectivity index (χ1) is 13.1. The summed E-state index contributed by atoms with van der Waals surface area (Å²) in [7, 11) is 0. The molecule has 2 N–H and O–H groups in total. The Hall–Kier alpha value is -3.06. The molecular formula is C20H20N4O2S. The largest absolute Gasteiger partial charge is 0.342 e. The number of pyridine rings is 1. The summed E-state index contributed by atoms with van der Waals surface area (Å²) in [5, 5.41) is 6.18. The Balaban J connectivity index is 1.62. The molecule has 0 fully saturated rings. The minimum atomic E-state index is -0.314. The maximum absolute atomic E-state index is 12.4. The number of aromatic nitrogens is 2. The monoisotopic (exact) mass is 380 g/mol. The van der Waals surface area contributed by atoms with E-state index in [9.17, 15) is 9.59 Å². The molecule has 2 amide bonds. The molecule has 0 aliphatic carbocycles. The number of benzene rings is 1. The lowest BCUT2D eigenvalue weighted by molar-refractivity contribution is -0.115. The zero-order valence-corrected chi connectivity index (χ0v) is 16.0. The van der Waals surface area contributed by atoms with Gasteiger partial charge < -0.3 is 10.6 Å². The number of nitrogens with one attached hydrogen (secondary N) is 2. The van der Waals surface area contributed by atoms with Crippen LogP contribution in [0.2, 0.25) is 0 Å². The molecule has 0 radical (unpaired) electrons. The molecule has 0 saturated heterocycles. The number of carbonyl (C=O) groups is 2. The third kappa shape index (κ3) is 4.57. The third-order valence-electron chi connectivity index (χ3n) is 3.97. The van der Waals surface area contributed by atoms with Crippen LogP contribution in [0.3, 0.4) is 0 Å². The number of amides is 2. The number of carbonyl (C=O) groups excluding carboxylic acids is 2. The topological polar surface area (TPSA) is 84.0 Å². The van der Waals surface area contributed by atoms with Crippen molar-refractivity contribution in [3.63, 3.8) is 0 Å². The second kappa shape index (κ2) is 8.55. The van der Waals surface area contributed by atoms with E-state index in [4.69, 9.17) is 0 Å². The van der Waals surface area contributed by atoms with E-state index in [1.807, 2.05) is 49.4 Å². The van der Waals surface area contributed by atoms with Gasteiger partial charge in [-0.15, -0.1) is 11.3 Å². The van der Waals surface area contributed by atoms with Gasteiger partial charge in [0.05, 0.1) is 17.9 Å². The fourth-order valence-corrected chi connectivity index (χ4v) is 3.55. The van der Waals surface area contributed by atoms with Gasteiger partial charge in [0, 0.05) is 11.9 Å². The molecule has 0 spiro atoms. The van der Waals surface area contributed by atoms with Gasteiger partial charge in [0.15, 0.2) is 0 Å². The van der Waals surface area contributed by atoms with E-state index in [2.05, 4.69) is 20.6 Å². The lowest BCUT2D eigenvalue weighted by Crippen LogP contribution is -2.33. The van der Waals surface area contributed by atoms with E-state index in [0.717, 1.165) is 23.4 Å². The zero-order valence-electron chi connectivity index (χ0n) is 15.2. The van der Waals surface area contributed by atoms with E-state index in [1.54, 1.807) is 13.1 Å². The lowest BCUT2D eigenvalue weighted by Gasteiger charge is -2.10. The quantitative estimate of drug-likeness (QED) is 0.686. The van der Waals surface area contributed by atoms with Gasteiger partial charge in [0.2, 0.25) is 5.91 Å². The van der Waals surface area contributed by atoms with Gasteiger partial charge in [-0.05, 0) is 37.1 Å². The molecule has 0 unspecified atom stereocenters. The number of para-hydroxylation sites is 1. The molecular weight excluding hydrogens is 360 g/mol. The maximum Gasteiger partial charge on any atom is 0.263 e. The summed E-state index contributed by atoms with van der Waals surface area (Å²) in [4.78, 5) is 33.8. The van der Waals surface area contributed by atoms with Crippen LogP contribution in [0.15, 0.2) is 48.7 Å². The number of nitrogens with zero attached hydrogens (tertiary/aromatic N) is 2. The van der Waals surface area contributed by atoms with Crippen molar-refractivity contribution in [1.29, 1.82) is 0 Å². The summed E-state index contributed by atoms with van der Waals surface area (Å²) in [6, 6.07) is 13.2. The third-order valence-corrected chi connectivity index (χ3v) is 5.15. The van der Waals surface area contributed by atoms with Crippen LogP contribution in [-0.4, -0.2) is 28.3 Å². The van der Waals surface area contributed by atoms with Crippen molar-refractivity contribution in [3.05, 3.63) is 64.8 Å². The first-order valence-corrected chi connectivity index (χ1v) is 9.45. The number of rotatable bonds is 6. The highest BCUT2D eigenvalue weighted by molar-refractivity contribution is 7.17. The molecule has 7 heteroatoms. The van der Waals surface area contributed by atoms with Crippen molar-refractivity contribution in [1.82, 2.24) is 15.3 Å². The Bertz CT molecular complexity index is 954. The minimum Gasteiger partial charge on any atom is -0.342 e. The highest BCUT2D eigenvalue weighted by Gasteiger charge is 2.17. The zero-order chi connectivity index (χ0) is 19.2. The molecule has 0 atom stereocenters. The van der Waals surface area contributed by atoms with Crippen molar-refractivity contribution in [2.24, 2.45) is 0 Å². The normalized spacial score (nSPS) is 10.4. The predicted molar refractivity (Wildman–Crippen MR) is 107 cm³/mol. The van der Waals surface area contributed by atoms with Gasteiger partial charge >= 0.3 is 0 Å². The van der Waals surface area contributed by atoms with E-state index >= 15 is 0 Å². The fourth-order valence-electron chi connectivity index (χ4n) is 2.59. The van der Waals surface area contributed by atoms with Crippen LogP contribution in [-0.2, 0) is 11.2 Å². The Labute approximate surface area is 161 Å². The molecule has 3 rings (SSSR count). The predicted octanol–water partition coefficient (Wildman–Crippen LogP) is 3.44. The highest BCUT2D eigenvalue weighted by Crippen LogP contribution is 2.26. The Kier molecular flexibility index (Phi) is 5.93. The molecule has 138 valence electrons. The van der Waals surface area contributed by atoms with Crippen LogP contribution >= 0.6 is 11.3 Å². The Morgan fingerprint density at radius 3 is 2.63 bits per heavy atom. The average Bonchev–Trinajstić information content (AvgIpc) is 3.09. The summed E-state index contributed by atoms with van der Waals surface area (Å²) < 4.78 is 0. The Morgan fingerprint density at radius 1 is 1.11 bits per heavy atom. The molecule has 27 heavy (non-hydrogen) atoms. The van der Waals surface area contributed by atoms with E-state index < -0.39 is 0 Å². The van der Waals surface area contributed by atoms with Gasteiger partial charge in [-0.3, -0.25) is 14.6 Å². The summed E-state index contributed by atoms with van der Waals surface area (Å²) in [5.74, 6) is -0.581. The van der Waals surface area contributed by atoms with E-state index in [1.165, 1.54) is 11.3 Å². The molecule has 6 nitrogen and oxygen atoms in total. The summed E-state index contributed by atoms with van der Waals surface area (Å²) in [6.07, 6.45) is 2.50. The van der Waals surface area contributed by atoms with Gasteiger partial charge in [-0.2, -0.15) is 0 Å². The first kappa shape index (κ1) is 18.7. The van der Waals surface area contributed by atoms with Crippen molar-refractivity contribution >= 4 is 28.8 Å². The minimum absolute atomic E-state index is 0.104. The van der Waals surface area contributed by atoms with Crippen LogP contribution in [0.1, 0.15) is 27.9 Å². The average molecular weight is 380 g/mol. The fraction of sp³-hybridized carbons (Fsp3) is 0.200. The van der Waals surface area contributed by atoms with Crippen molar-refractivity contribution in [2.45, 2.75) is 20.3 Å². The SMILES string of the molecule is CCc1ccccc1NC(=O)CNC(=O)c1sc(-c2ccccn2)nc1C. The maximum atomic E-state index is 12.4. The van der Waals surface area contributed by atoms with Crippen LogP contribution in [0.4, 0.5) is 5.69 Å². The summed E-state index contributed by atoms with van der Waals surface area (Å²) >= 11 is 1.27. The molecule has 1 aromatic carbocycles. The van der Waals surface area contributed by atoms with E-state index in [-0.39, 0.29) is 18.4 Å². The standard InChI is InChI=1S/C20H20N4O2S/c1-3-14-8-4-5-9-15(14)24-17(25)12-22-19(26)18-13(2)23-20(27-18)16-10-6-7-11-21-16/h4-11H,3,12H2,1-2H3,(H,22,26)(H,24,25). The van der Waals surface area contributed by atoms with Crippen molar-refractivity contribution < 1.29 is 9.59 Å². The number of thiazole rings is 1.